The Kier molecular flexibility index (Phi) is 7.61. The van der Waals surface area contributed by atoms with Crippen molar-refractivity contribution in [2.24, 2.45) is 0 Å². The van der Waals surface area contributed by atoms with Gasteiger partial charge in [-0.15, -0.1) is 16.8 Å². The Bertz CT molecular complexity index is 1050. The smallest absolute Gasteiger partial charge is 0.251 e. The van der Waals surface area contributed by atoms with Gasteiger partial charge in [-0.05, 0) is 43.3 Å². The summed E-state index contributed by atoms with van der Waals surface area (Å²) in [6.45, 7) is 6.11. The number of benzene rings is 2. The van der Waals surface area contributed by atoms with Gasteiger partial charge in [-0.1, -0.05) is 36.0 Å². The minimum Gasteiger partial charge on any atom is -0.497 e. The summed E-state index contributed by atoms with van der Waals surface area (Å²) in [5.41, 5.74) is 1.18. The number of hydrogen-bond acceptors (Lipinski definition) is 6. The van der Waals surface area contributed by atoms with Gasteiger partial charge < -0.3 is 14.6 Å². The van der Waals surface area contributed by atoms with Crippen molar-refractivity contribution in [3.63, 3.8) is 0 Å². The van der Waals surface area contributed by atoms with Gasteiger partial charge in [-0.25, -0.2) is 0 Å². The Balaban J connectivity index is 1.69. The van der Waals surface area contributed by atoms with E-state index in [1.165, 1.54) is 11.8 Å². The zero-order chi connectivity index (χ0) is 22.2. The Morgan fingerprint density at radius 2 is 1.84 bits per heavy atom. The maximum Gasteiger partial charge on any atom is 0.251 e. The van der Waals surface area contributed by atoms with Crippen LogP contribution < -0.4 is 10.1 Å². The van der Waals surface area contributed by atoms with Crippen LogP contribution in [0.15, 0.2) is 72.4 Å². The van der Waals surface area contributed by atoms with Gasteiger partial charge in [0.2, 0.25) is 0 Å². The number of ether oxygens (including phenoxy) is 1. The first-order valence-corrected chi connectivity index (χ1v) is 10.7. The number of nitrogens with one attached hydrogen (secondary N) is 1. The van der Waals surface area contributed by atoms with Crippen LogP contribution in [-0.4, -0.2) is 39.3 Å². The zero-order valence-corrected chi connectivity index (χ0v) is 18.3. The topological polar surface area (TPSA) is 86.1 Å². The minimum absolute atomic E-state index is 0.0206. The van der Waals surface area contributed by atoms with E-state index in [-0.39, 0.29) is 23.5 Å². The number of allylic oxidation sites excluding steroid dienone is 1. The monoisotopic (exact) mass is 436 g/mol. The summed E-state index contributed by atoms with van der Waals surface area (Å²) in [6, 6.07) is 15.6. The third-order valence-electron chi connectivity index (χ3n) is 4.57. The molecule has 1 amide bonds. The highest BCUT2D eigenvalue weighted by Gasteiger charge is 2.20. The lowest BCUT2D eigenvalue weighted by Gasteiger charge is -2.15. The van der Waals surface area contributed by atoms with Crippen molar-refractivity contribution in [2.75, 3.05) is 12.9 Å². The van der Waals surface area contributed by atoms with Crippen molar-refractivity contribution < 1.29 is 14.3 Å². The quantitative estimate of drug-likeness (QED) is 0.294. The summed E-state index contributed by atoms with van der Waals surface area (Å²) in [5.74, 6) is 1.31. The fourth-order valence-electron chi connectivity index (χ4n) is 2.95. The van der Waals surface area contributed by atoms with E-state index in [0.717, 1.165) is 0 Å². The van der Waals surface area contributed by atoms with Gasteiger partial charge in [0.05, 0.1) is 18.9 Å². The molecule has 1 aromatic heterocycles. The fraction of sp³-hybridized carbons (Fsp3) is 0.217. The minimum atomic E-state index is -0.369. The number of Topliss-reactive ketones (excluding diaryl/α,β-unsaturated/α-hetero) is 1. The molecule has 0 bridgehead atoms. The fourth-order valence-corrected chi connectivity index (χ4v) is 3.80. The molecule has 3 aromatic rings. The van der Waals surface area contributed by atoms with E-state index in [4.69, 9.17) is 4.74 Å². The molecule has 0 radical (unpaired) electrons. The lowest BCUT2D eigenvalue weighted by atomic mass is 10.1. The maximum atomic E-state index is 12.5. The third-order valence-corrected chi connectivity index (χ3v) is 5.54. The van der Waals surface area contributed by atoms with Crippen LogP contribution in [0.5, 0.6) is 5.75 Å². The molecule has 0 saturated carbocycles. The second-order valence-corrected chi connectivity index (χ2v) is 7.68. The first kappa shape index (κ1) is 22.3. The Hall–Kier alpha value is -3.39. The zero-order valence-electron chi connectivity index (χ0n) is 17.4. The predicted molar refractivity (Wildman–Crippen MR) is 121 cm³/mol. The van der Waals surface area contributed by atoms with Crippen LogP contribution in [0.2, 0.25) is 0 Å². The summed E-state index contributed by atoms with van der Waals surface area (Å²) in [5, 5.41) is 12.0. The van der Waals surface area contributed by atoms with Crippen LogP contribution in [0.1, 0.15) is 39.5 Å². The third kappa shape index (κ3) is 5.61. The number of amides is 1. The lowest BCUT2D eigenvalue weighted by Crippen LogP contribution is -2.28. The SMILES string of the molecule is C=CCn1c(SCC(=O)c2ccc(OC)cc2)nnc1[C@H](C)NC(=O)c1ccccc1. The molecule has 0 aliphatic carbocycles. The van der Waals surface area contributed by atoms with E-state index < -0.39 is 0 Å². The van der Waals surface area contributed by atoms with E-state index in [2.05, 4.69) is 22.1 Å². The number of thioether (sulfide) groups is 1. The summed E-state index contributed by atoms with van der Waals surface area (Å²) in [4.78, 5) is 25.0. The number of rotatable bonds is 10. The normalized spacial score (nSPS) is 11.5. The molecule has 8 heteroatoms. The van der Waals surface area contributed by atoms with Crippen LogP contribution in [0.25, 0.3) is 0 Å². The van der Waals surface area contributed by atoms with Crippen molar-refractivity contribution in [2.45, 2.75) is 24.7 Å². The van der Waals surface area contributed by atoms with Crippen molar-refractivity contribution in [1.29, 1.82) is 0 Å². The highest BCUT2D eigenvalue weighted by atomic mass is 32.2. The highest BCUT2D eigenvalue weighted by Crippen LogP contribution is 2.22. The molecule has 0 spiro atoms. The highest BCUT2D eigenvalue weighted by molar-refractivity contribution is 7.99. The number of carbonyl (C=O) groups excluding carboxylic acids is 2. The molecular weight excluding hydrogens is 412 g/mol. The van der Waals surface area contributed by atoms with Crippen LogP contribution in [-0.2, 0) is 6.54 Å². The molecule has 160 valence electrons. The second kappa shape index (κ2) is 10.6. The number of carbonyl (C=O) groups is 2. The van der Waals surface area contributed by atoms with E-state index in [1.54, 1.807) is 49.6 Å². The van der Waals surface area contributed by atoms with Crippen molar-refractivity contribution in [3.8, 4) is 5.75 Å². The summed E-state index contributed by atoms with van der Waals surface area (Å²) in [7, 11) is 1.58. The summed E-state index contributed by atoms with van der Waals surface area (Å²) < 4.78 is 6.98. The van der Waals surface area contributed by atoms with E-state index in [1.807, 2.05) is 29.7 Å². The summed E-state index contributed by atoms with van der Waals surface area (Å²) >= 11 is 1.30. The lowest BCUT2D eigenvalue weighted by molar-refractivity contribution is 0.0937. The molecule has 1 heterocycles. The first-order valence-electron chi connectivity index (χ1n) is 9.73. The molecule has 0 fully saturated rings. The van der Waals surface area contributed by atoms with Crippen molar-refractivity contribution >= 4 is 23.5 Å². The second-order valence-electron chi connectivity index (χ2n) is 6.74. The largest absolute Gasteiger partial charge is 0.497 e. The molecule has 0 unspecified atom stereocenters. The van der Waals surface area contributed by atoms with E-state index in [9.17, 15) is 9.59 Å². The van der Waals surface area contributed by atoms with Crippen LogP contribution >= 0.6 is 11.8 Å². The summed E-state index contributed by atoms with van der Waals surface area (Å²) in [6.07, 6.45) is 1.73. The van der Waals surface area contributed by atoms with Gasteiger partial charge in [0.15, 0.2) is 16.8 Å². The molecule has 0 aliphatic heterocycles. The standard InChI is InChI=1S/C23H24N4O3S/c1-4-14-27-21(16(2)24-22(29)18-8-6-5-7-9-18)25-26-23(27)31-15-20(28)17-10-12-19(30-3)13-11-17/h4-13,16H,1,14-15H2,2-3H3,(H,24,29)/t16-/m0/s1. The number of methoxy groups -OCH3 is 1. The van der Waals surface area contributed by atoms with Crippen LogP contribution in [0.3, 0.4) is 0 Å². The van der Waals surface area contributed by atoms with Gasteiger partial charge >= 0.3 is 0 Å². The molecule has 31 heavy (non-hydrogen) atoms. The number of hydrogen-bond donors (Lipinski definition) is 1. The predicted octanol–water partition coefficient (Wildman–Crippen LogP) is 3.94. The van der Waals surface area contributed by atoms with Gasteiger partial charge in [0.25, 0.3) is 5.91 Å². The van der Waals surface area contributed by atoms with Gasteiger partial charge in [0, 0.05) is 17.7 Å². The molecule has 7 nitrogen and oxygen atoms in total. The van der Waals surface area contributed by atoms with Crippen molar-refractivity contribution in [3.05, 3.63) is 84.2 Å². The molecule has 2 aromatic carbocycles. The number of ketones is 1. The molecule has 0 saturated heterocycles. The van der Waals surface area contributed by atoms with E-state index in [0.29, 0.717) is 34.4 Å². The molecule has 1 atom stereocenters. The molecule has 3 rings (SSSR count). The van der Waals surface area contributed by atoms with Crippen molar-refractivity contribution in [1.82, 2.24) is 20.1 Å². The average molecular weight is 437 g/mol. The molecule has 0 aliphatic rings. The van der Waals surface area contributed by atoms with Gasteiger partial charge in [-0.3, -0.25) is 9.59 Å². The number of nitrogens with zero attached hydrogens (tertiary/aromatic N) is 3. The van der Waals surface area contributed by atoms with E-state index >= 15 is 0 Å². The van der Waals surface area contributed by atoms with Crippen LogP contribution in [0.4, 0.5) is 0 Å². The maximum absolute atomic E-state index is 12.5. The Morgan fingerprint density at radius 1 is 1.13 bits per heavy atom. The molecular formula is C23H24N4O3S. The van der Waals surface area contributed by atoms with Gasteiger partial charge in [-0.2, -0.15) is 0 Å². The average Bonchev–Trinajstić information content (AvgIpc) is 3.21. The van der Waals surface area contributed by atoms with Crippen LogP contribution in [0, 0.1) is 0 Å². The van der Waals surface area contributed by atoms with Gasteiger partial charge in [0.1, 0.15) is 5.75 Å². The number of aromatic nitrogens is 3. The Morgan fingerprint density at radius 3 is 2.48 bits per heavy atom. The first-order chi connectivity index (χ1) is 15.0. The Labute approximate surface area is 185 Å². The molecule has 1 N–H and O–H groups in total.